The van der Waals surface area contributed by atoms with Gasteiger partial charge in [-0.3, -0.25) is 4.90 Å². The number of nitrogens with zero attached hydrogens (tertiary/aromatic N) is 3. The van der Waals surface area contributed by atoms with Crippen LogP contribution in [0.15, 0.2) is 35.2 Å². The van der Waals surface area contributed by atoms with Gasteiger partial charge in [0.15, 0.2) is 11.6 Å². The molecule has 0 bridgehead atoms. The Bertz CT molecular complexity index is 829. The van der Waals surface area contributed by atoms with Crippen LogP contribution in [-0.4, -0.2) is 26.6 Å². The fraction of sp³-hybridized carbons (Fsp3) is 0.250. The van der Waals surface area contributed by atoms with Gasteiger partial charge < -0.3 is 9.51 Å². The highest BCUT2D eigenvalue weighted by atomic mass is 19.2. The monoisotopic (exact) mass is 316 g/mol. The van der Waals surface area contributed by atoms with E-state index in [1.54, 1.807) is 12.5 Å². The van der Waals surface area contributed by atoms with Crippen LogP contribution in [-0.2, 0) is 19.5 Å². The van der Waals surface area contributed by atoms with E-state index in [1.807, 2.05) is 0 Å². The van der Waals surface area contributed by atoms with Gasteiger partial charge in [0.2, 0.25) is 0 Å². The van der Waals surface area contributed by atoms with Gasteiger partial charge in [0, 0.05) is 49.1 Å². The number of aromatic amines is 1. The van der Waals surface area contributed by atoms with Crippen molar-refractivity contribution in [1.82, 2.24) is 20.0 Å². The van der Waals surface area contributed by atoms with Crippen molar-refractivity contribution in [2.24, 2.45) is 0 Å². The Balaban J connectivity index is 1.62. The summed E-state index contributed by atoms with van der Waals surface area (Å²) >= 11 is 0. The lowest BCUT2D eigenvalue weighted by atomic mass is 10.0. The summed E-state index contributed by atoms with van der Waals surface area (Å²) in [5.74, 6) is -0.943. The van der Waals surface area contributed by atoms with E-state index in [1.165, 1.54) is 6.07 Å². The third kappa shape index (κ3) is 2.63. The van der Waals surface area contributed by atoms with Gasteiger partial charge in [0.1, 0.15) is 11.5 Å². The van der Waals surface area contributed by atoms with E-state index < -0.39 is 11.6 Å². The number of halogens is 2. The van der Waals surface area contributed by atoms with Crippen LogP contribution in [0.3, 0.4) is 0 Å². The van der Waals surface area contributed by atoms with Crippen LogP contribution >= 0.6 is 0 Å². The maximum atomic E-state index is 13.5. The van der Waals surface area contributed by atoms with Crippen LogP contribution in [0.5, 0.6) is 0 Å². The number of nitrogens with one attached hydrogen (secondary N) is 1. The summed E-state index contributed by atoms with van der Waals surface area (Å²) in [5, 5.41) is 4.06. The Morgan fingerprint density at radius 1 is 1.26 bits per heavy atom. The van der Waals surface area contributed by atoms with Crippen LogP contribution in [0.25, 0.3) is 11.3 Å². The lowest BCUT2D eigenvalue weighted by molar-refractivity contribution is 0.226. The zero-order valence-corrected chi connectivity index (χ0v) is 12.2. The smallest absolute Gasteiger partial charge is 0.159 e. The molecule has 23 heavy (non-hydrogen) atoms. The molecule has 3 aromatic rings. The van der Waals surface area contributed by atoms with E-state index in [0.717, 1.165) is 48.7 Å². The van der Waals surface area contributed by atoms with E-state index in [9.17, 15) is 8.78 Å². The van der Waals surface area contributed by atoms with Crippen LogP contribution in [0.4, 0.5) is 8.78 Å². The highest BCUT2D eigenvalue weighted by molar-refractivity contribution is 5.63. The summed E-state index contributed by atoms with van der Waals surface area (Å²) in [5.41, 5.74) is 3.06. The standard InChI is InChI=1S/C16H14F2N4O/c17-13-2-1-10(5-14(13)18)16-12-8-22(4-3-15(12)23-21-16)7-11-6-19-9-20-11/h1-2,5-6,9H,3-4,7-8H2,(H,19,20). The van der Waals surface area contributed by atoms with Gasteiger partial charge >= 0.3 is 0 Å². The second-order valence-corrected chi connectivity index (χ2v) is 5.60. The molecule has 5 nitrogen and oxygen atoms in total. The van der Waals surface area contributed by atoms with E-state index in [0.29, 0.717) is 17.8 Å². The van der Waals surface area contributed by atoms with Gasteiger partial charge in [0.05, 0.1) is 6.33 Å². The van der Waals surface area contributed by atoms with Gasteiger partial charge in [-0.15, -0.1) is 0 Å². The summed E-state index contributed by atoms with van der Waals surface area (Å²) in [7, 11) is 0. The normalized spacial score (nSPS) is 14.9. The maximum Gasteiger partial charge on any atom is 0.159 e. The van der Waals surface area contributed by atoms with Crippen LogP contribution < -0.4 is 0 Å². The van der Waals surface area contributed by atoms with Gasteiger partial charge in [-0.1, -0.05) is 5.16 Å². The molecule has 0 saturated heterocycles. The van der Waals surface area contributed by atoms with Crippen molar-refractivity contribution in [3.8, 4) is 11.3 Å². The summed E-state index contributed by atoms with van der Waals surface area (Å²) < 4.78 is 32.0. The molecule has 0 radical (unpaired) electrons. The largest absolute Gasteiger partial charge is 0.360 e. The van der Waals surface area contributed by atoms with Crippen LogP contribution in [0.2, 0.25) is 0 Å². The Labute approximate surface area is 130 Å². The minimum Gasteiger partial charge on any atom is -0.360 e. The number of fused-ring (bicyclic) bond motifs is 1. The predicted octanol–water partition coefficient (Wildman–Crippen LogP) is 2.90. The van der Waals surface area contributed by atoms with Crippen LogP contribution in [0.1, 0.15) is 17.0 Å². The minimum atomic E-state index is -0.885. The van der Waals surface area contributed by atoms with Crippen molar-refractivity contribution >= 4 is 0 Å². The molecule has 118 valence electrons. The first-order valence-electron chi connectivity index (χ1n) is 7.33. The van der Waals surface area contributed by atoms with Gasteiger partial charge in [-0.25, -0.2) is 13.8 Å². The van der Waals surface area contributed by atoms with Crippen molar-refractivity contribution in [2.45, 2.75) is 19.5 Å². The highest BCUT2D eigenvalue weighted by Gasteiger charge is 2.25. The maximum absolute atomic E-state index is 13.5. The second kappa shape index (κ2) is 5.58. The molecule has 1 aromatic carbocycles. The zero-order valence-electron chi connectivity index (χ0n) is 12.2. The van der Waals surface area contributed by atoms with Crippen molar-refractivity contribution in [2.75, 3.05) is 6.54 Å². The zero-order chi connectivity index (χ0) is 15.8. The number of hydrogen-bond acceptors (Lipinski definition) is 4. The molecule has 0 spiro atoms. The molecule has 2 aromatic heterocycles. The number of aromatic nitrogens is 3. The topological polar surface area (TPSA) is 58.0 Å². The first-order valence-corrected chi connectivity index (χ1v) is 7.33. The van der Waals surface area contributed by atoms with E-state index in [-0.39, 0.29) is 0 Å². The molecule has 0 fully saturated rings. The van der Waals surface area contributed by atoms with Gasteiger partial charge in [-0.05, 0) is 18.2 Å². The summed E-state index contributed by atoms with van der Waals surface area (Å²) in [6, 6.07) is 3.78. The molecular formula is C16H14F2N4O. The van der Waals surface area contributed by atoms with Gasteiger partial charge in [-0.2, -0.15) is 0 Å². The third-order valence-corrected chi connectivity index (χ3v) is 4.05. The molecule has 1 aliphatic rings. The number of hydrogen-bond donors (Lipinski definition) is 1. The van der Waals surface area contributed by atoms with Crippen molar-refractivity contribution in [3.05, 3.63) is 59.4 Å². The number of H-pyrrole nitrogens is 1. The first-order chi connectivity index (χ1) is 11.2. The molecule has 3 heterocycles. The minimum absolute atomic E-state index is 0.525. The third-order valence-electron chi connectivity index (χ3n) is 4.05. The van der Waals surface area contributed by atoms with E-state index >= 15 is 0 Å². The molecule has 7 heteroatoms. The highest BCUT2D eigenvalue weighted by Crippen LogP contribution is 2.31. The van der Waals surface area contributed by atoms with Crippen molar-refractivity contribution in [1.29, 1.82) is 0 Å². The fourth-order valence-electron chi connectivity index (χ4n) is 2.88. The number of rotatable bonds is 3. The fourth-order valence-corrected chi connectivity index (χ4v) is 2.88. The first kappa shape index (κ1) is 14.1. The average molecular weight is 316 g/mol. The molecule has 0 unspecified atom stereocenters. The van der Waals surface area contributed by atoms with Crippen LogP contribution in [0, 0.1) is 11.6 Å². The quantitative estimate of drug-likeness (QED) is 0.807. The Morgan fingerprint density at radius 3 is 2.96 bits per heavy atom. The Morgan fingerprint density at radius 2 is 2.17 bits per heavy atom. The SMILES string of the molecule is Fc1ccc(-c2noc3c2CN(Cc2cnc[nH]2)CC3)cc1F. The summed E-state index contributed by atoms with van der Waals surface area (Å²) in [6.45, 7) is 2.23. The average Bonchev–Trinajstić information content (AvgIpc) is 3.19. The van der Waals surface area contributed by atoms with E-state index in [2.05, 4.69) is 20.0 Å². The second-order valence-electron chi connectivity index (χ2n) is 5.60. The van der Waals surface area contributed by atoms with Gasteiger partial charge in [0.25, 0.3) is 0 Å². The lowest BCUT2D eigenvalue weighted by Gasteiger charge is -2.25. The molecule has 1 aliphatic heterocycles. The Hall–Kier alpha value is -2.54. The number of benzene rings is 1. The molecule has 0 saturated carbocycles. The molecule has 0 atom stereocenters. The van der Waals surface area contributed by atoms with E-state index in [4.69, 9.17) is 4.52 Å². The van der Waals surface area contributed by atoms with Crippen molar-refractivity contribution < 1.29 is 13.3 Å². The molecule has 0 amide bonds. The van der Waals surface area contributed by atoms with Crippen molar-refractivity contribution in [3.63, 3.8) is 0 Å². The Kier molecular flexibility index (Phi) is 3.42. The number of imidazole rings is 1. The summed E-state index contributed by atoms with van der Waals surface area (Å²) in [4.78, 5) is 9.33. The molecule has 0 aliphatic carbocycles. The molecular weight excluding hydrogens is 302 g/mol. The molecule has 1 N–H and O–H groups in total. The lowest BCUT2D eigenvalue weighted by Crippen LogP contribution is -2.29. The molecule has 4 rings (SSSR count). The summed E-state index contributed by atoms with van der Waals surface area (Å²) in [6.07, 6.45) is 4.18. The predicted molar refractivity (Wildman–Crippen MR) is 78.3 cm³/mol.